The number of aromatic nitrogens is 2. The number of nitrogens with one attached hydrogen (secondary N) is 3. The van der Waals surface area contributed by atoms with E-state index in [4.69, 9.17) is 14.2 Å². The monoisotopic (exact) mass is 649 g/mol. The standard InChI is InChI=1S/C33H39N5O7S/c1-21(14-15-24(39)20-34-32(40)45-33(2,3)4)22-10-9-11-27(16-22)46(41,42)38-31-30(36-28-12-7-8-13-29(28)37-31)35-23-17-25(43-5)19-26(18-23)44-6/h7-13,16-19,21H,14-15,20H2,1-6H3,(H,34,40)(H,35,36)(H,37,38). The van der Waals surface area contributed by atoms with Crippen molar-refractivity contribution in [3.05, 3.63) is 72.3 Å². The molecule has 0 bridgehead atoms. The van der Waals surface area contributed by atoms with Gasteiger partial charge in [0, 0.05) is 30.3 Å². The van der Waals surface area contributed by atoms with Crippen molar-refractivity contribution in [3.8, 4) is 11.5 Å². The van der Waals surface area contributed by atoms with E-state index in [0.717, 1.165) is 5.56 Å². The van der Waals surface area contributed by atoms with Gasteiger partial charge in [0.05, 0.1) is 36.7 Å². The largest absolute Gasteiger partial charge is 0.497 e. The Morgan fingerprint density at radius 2 is 1.50 bits per heavy atom. The summed E-state index contributed by atoms with van der Waals surface area (Å²) >= 11 is 0. The van der Waals surface area contributed by atoms with Gasteiger partial charge in [0.1, 0.15) is 17.1 Å². The van der Waals surface area contributed by atoms with Crippen molar-refractivity contribution in [1.82, 2.24) is 15.3 Å². The van der Waals surface area contributed by atoms with Crippen molar-refractivity contribution >= 4 is 50.3 Å². The molecule has 0 saturated carbocycles. The van der Waals surface area contributed by atoms with Gasteiger partial charge in [-0.2, -0.15) is 0 Å². The van der Waals surface area contributed by atoms with Crippen molar-refractivity contribution < 1.29 is 32.2 Å². The summed E-state index contributed by atoms with van der Waals surface area (Å²) < 4.78 is 45.8. The van der Waals surface area contributed by atoms with Crippen molar-refractivity contribution in [3.63, 3.8) is 0 Å². The Morgan fingerprint density at radius 1 is 0.870 bits per heavy atom. The minimum atomic E-state index is -4.11. The number of rotatable bonds is 13. The third-order valence-electron chi connectivity index (χ3n) is 6.84. The number of nitrogens with zero attached hydrogens (tertiary/aromatic N) is 2. The molecule has 0 radical (unpaired) electrons. The lowest BCUT2D eigenvalue weighted by Crippen LogP contribution is -2.35. The van der Waals surface area contributed by atoms with Crippen molar-refractivity contribution in [2.45, 2.75) is 57.0 Å². The number of ketones is 1. The van der Waals surface area contributed by atoms with E-state index in [0.29, 0.717) is 34.6 Å². The van der Waals surface area contributed by atoms with Crippen LogP contribution in [-0.4, -0.2) is 56.6 Å². The van der Waals surface area contributed by atoms with E-state index < -0.39 is 21.7 Å². The molecule has 0 aliphatic rings. The highest BCUT2D eigenvalue weighted by atomic mass is 32.2. The average molecular weight is 650 g/mol. The van der Waals surface area contributed by atoms with Crippen LogP contribution in [0, 0.1) is 0 Å². The number of amides is 1. The van der Waals surface area contributed by atoms with Crippen molar-refractivity contribution in [2.24, 2.45) is 0 Å². The van der Waals surface area contributed by atoms with Crippen molar-refractivity contribution in [2.75, 3.05) is 30.8 Å². The molecule has 1 atom stereocenters. The second-order valence-corrected chi connectivity index (χ2v) is 13.3. The van der Waals surface area contributed by atoms with E-state index in [1.165, 1.54) is 20.3 Å². The Morgan fingerprint density at radius 3 is 2.11 bits per heavy atom. The minimum absolute atomic E-state index is 0.00187. The zero-order valence-corrected chi connectivity index (χ0v) is 27.5. The molecule has 0 saturated heterocycles. The number of alkyl carbamates (subject to hydrolysis) is 1. The van der Waals surface area contributed by atoms with Crippen LogP contribution >= 0.6 is 0 Å². The molecule has 0 spiro atoms. The van der Waals surface area contributed by atoms with Crippen LogP contribution in [0.25, 0.3) is 11.0 Å². The lowest BCUT2D eigenvalue weighted by Gasteiger charge is -2.19. The summed E-state index contributed by atoms with van der Waals surface area (Å²) in [5.74, 6) is 0.949. The first-order chi connectivity index (χ1) is 21.8. The molecule has 0 fully saturated rings. The molecule has 244 valence electrons. The number of carbonyl (C=O) groups excluding carboxylic acids is 2. The third-order valence-corrected chi connectivity index (χ3v) is 8.17. The predicted octanol–water partition coefficient (Wildman–Crippen LogP) is 6.17. The maximum absolute atomic E-state index is 13.7. The molecule has 4 rings (SSSR count). The minimum Gasteiger partial charge on any atom is -0.497 e. The number of carbonyl (C=O) groups is 2. The molecule has 1 heterocycles. The summed E-state index contributed by atoms with van der Waals surface area (Å²) in [6.45, 7) is 6.99. The lowest BCUT2D eigenvalue weighted by atomic mass is 9.95. The third kappa shape index (κ3) is 9.30. The van der Waals surface area contributed by atoms with Crippen LogP contribution in [0.3, 0.4) is 0 Å². The SMILES string of the molecule is COc1cc(Nc2nc3ccccc3nc2NS(=O)(=O)c2cccc(C(C)CCC(=O)CNC(=O)OC(C)(C)C)c2)cc(OC)c1. The molecule has 13 heteroatoms. The van der Waals surface area contributed by atoms with Gasteiger partial charge in [0.15, 0.2) is 17.4 Å². The number of anilines is 3. The highest BCUT2D eigenvalue weighted by Crippen LogP contribution is 2.32. The van der Waals surface area contributed by atoms with Gasteiger partial charge in [-0.3, -0.25) is 9.52 Å². The zero-order valence-electron chi connectivity index (χ0n) is 26.7. The fourth-order valence-corrected chi connectivity index (χ4v) is 5.53. The normalized spacial score (nSPS) is 12.2. The van der Waals surface area contributed by atoms with Crippen LogP contribution < -0.4 is 24.8 Å². The molecule has 4 aromatic rings. The van der Waals surface area contributed by atoms with E-state index in [-0.39, 0.29) is 41.2 Å². The molecule has 1 amide bonds. The zero-order chi connectivity index (χ0) is 33.5. The fourth-order valence-electron chi connectivity index (χ4n) is 4.47. The lowest BCUT2D eigenvalue weighted by molar-refractivity contribution is -0.118. The second-order valence-electron chi connectivity index (χ2n) is 11.6. The molecule has 0 aliphatic heterocycles. The summed E-state index contributed by atoms with van der Waals surface area (Å²) in [5.41, 5.74) is 1.69. The van der Waals surface area contributed by atoms with Gasteiger partial charge >= 0.3 is 6.09 Å². The summed E-state index contributed by atoms with van der Waals surface area (Å²) in [4.78, 5) is 33.5. The highest BCUT2D eigenvalue weighted by molar-refractivity contribution is 7.92. The Hall–Kier alpha value is -4.91. The second kappa shape index (κ2) is 14.5. The highest BCUT2D eigenvalue weighted by Gasteiger charge is 2.21. The first kappa shape index (κ1) is 34.0. The molecule has 1 aromatic heterocycles. The van der Waals surface area contributed by atoms with Gasteiger partial charge in [-0.1, -0.05) is 31.2 Å². The summed E-state index contributed by atoms with van der Waals surface area (Å²) in [5, 5.41) is 5.62. The number of methoxy groups -OCH3 is 2. The Balaban J connectivity index is 1.52. The van der Waals surface area contributed by atoms with Crippen LogP contribution in [0.2, 0.25) is 0 Å². The number of benzene rings is 3. The molecular formula is C33H39N5O7S. The topological polar surface area (TPSA) is 158 Å². The van der Waals surface area contributed by atoms with Gasteiger partial charge in [-0.05, 0) is 62.9 Å². The number of hydrogen-bond donors (Lipinski definition) is 3. The van der Waals surface area contributed by atoms with Crippen LogP contribution in [0.1, 0.15) is 52.0 Å². The first-order valence-electron chi connectivity index (χ1n) is 14.6. The molecule has 0 aliphatic carbocycles. The summed E-state index contributed by atoms with van der Waals surface area (Å²) in [7, 11) is -1.05. The van der Waals surface area contributed by atoms with E-state index in [1.807, 2.05) is 19.1 Å². The fraction of sp³-hybridized carbons (Fsp3) is 0.333. The summed E-state index contributed by atoms with van der Waals surface area (Å²) in [6, 6.07) is 18.8. The van der Waals surface area contributed by atoms with E-state index in [9.17, 15) is 18.0 Å². The predicted molar refractivity (Wildman–Crippen MR) is 177 cm³/mol. The van der Waals surface area contributed by atoms with E-state index in [1.54, 1.807) is 69.3 Å². The molecular weight excluding hydrogens is 610 g/mol. The number of sulfonamides is 1. The van der Waals surface area contributed by atoms with Gasteiger partial charge in [0.25, 0.3) is 10.0 Å². The number of hydrogen-bond acceptors (Lipinski definition) is 10. The van der Waals surface area contributed by atoms with Crippen LogP contribution in [0.4, 0.5) is 22.1 Å². The van der Waals surface area contributed by atoms with Crippen LogP contribution in [0.15, 0.2) is 71.6 Å². The number of Topliss-reactive ketones (excluding diaryl/α,β-unsaturated/α-hetero) is 1. The van der Waals surface area contributed by atoms with Gasteiger partial charge in [-0.15, -0.1) is 0 Å². The van der Waals surface area contributed by atoms with Gasteiger partial charge in [0.2, 0.25) is 0 Å². The molecule has 12 nitrogen and oxygen atoms in total. The van der Waals surface area contributed by atoms with Crippen LogP contribution in [-0.2, 0) is 19.6 Å². The number of ether oxygens (including phenoxy) is 3. The molecule has 3 aromatic carbocycles. The van der Waals surface area contributed by atoms with Gasteiger partial charge in [-0.25, -0.2) is 23.2 Å². The first-order valence-corrected chi connectivity index (χ1v) is 16.1. The maximum atomic E-state index is 13.7. The number of fused-ring (bicyclic) bond motifs is 1. The summed E-state index contributed by atoms with van der Waals surface area (Å²) in [6.07, 6.45) is 0.000126. The number of para-hydroxylation sites is 2. The Labute approximate surface area is 268 Å². The van der Waals surface area contributed by atoms with Gasteiger partial charge < -0.3 is 24.8 Å². The molecule has 3 N–H and O–H groups in total. The Kier molecular flexibility index (Phi) is 10.7. The Bertz CT molecular complexity index is 1800. The van der Waals surface area contributed by atoms with Crippen LogP contribution in [0.5, 0.6) is 11.5 Å². The van der Waals surface area contributed by atoms with E-state index >= 15 is 0 Å². The van der Waals surface area contributed by atoms with E-state index in [2.05, 4.69) is 25.3 Å². The maximum Gasteiger partial charge on any atom is 0.408 e. The molecule has 1 unspecified atom stereocenters. The quantitative estimate of drug-likeness (QED) is 0.153. The molecule has 46 heavy (non-hydrogen) atoms. The van der Waals surface area contributed by atoms with Crippen molar-refractivity contribution in [1.29, 1.82) is 0 Å². The smallest absolute Gasteiger partial charge is 0.408 e. The average Bonchev–Trinajstić information content (AvgIpc) is 3.01.